The highest BCUT2D eigenvalue weighted by atomic mass is 35.5. The number of alkyl halides is 2. The van der Waals surface area contributed by atoms with Crippen LogP contribution in [0, 0.1) is 5.92 Å². The fourth-order valence-electron chi connectivity index (χ4n) is 2.78. The lowest BCUT2D eigenvalue weighted by Crippen LogP contribution is -2.18. The van der Waals surface area contributed by atoms with Crippen molar-refractivity contribution in [2.24, 2.45) is 5.92 Å². The highest BCUT2D eigenvalue weighted by Crippen LogP contribution is 2.41. The minimum absolute atomic E-state index is 0.00966. The fraction of sp³-hybridized carbons (Fsp3) is 0.400. The molecule has 3 heterocycles. The highest BCUT2D eigenvalue weighted by molar-refractivity contribution is 6.29. The van der Waals surface area contributed by atoms with E-state index < -0.39 is 11.6 Å². The van der Waals surface area contributed by atoms with Crippen molar-refractivity contribution in [2.45, 2.75) is 31.6 Å². The zero-order valence-corrected chi connectivity index (χ0v) is 12.4. The molecule has 0 spiro atoms. The Kier molecular flexibility index (Phi) is 3.04. The molecule has 22 heavy (non-hydrogen) atoms. The van der Waals surface area contributed by atoms with Crippen LogP contribution in [0.2, 0.25) is 5.15 Å². The number of fused-ring (bicyclic) bond motifs is 1. The molecule has 4 nitrogen and oxygen atoms in total. The SMILES string of the molecule is FC(F)(c1cc(Cl)ncn1)c1cn2c(n1)CCC(C1CC1)=C2. The summed E-state index contributed by atoms with van der Waals surface area (Å²) < 4.78 is 30.9. The molecule has 1 aliphatic carbocycles. The molecule has 0 unspecified atom stereocenters. The van der Waals surface area contributed by atoms with Crippen molar-refractivity contribution in [3.63, 3.8) is 0 Å². The summed E-state index contributed by atoms with van der Waals surface area (Å²) in [5, 5.41) is -0.00966. The van der Waals surface area contributed by atoms with E-state index in [-0.39, 0.29) is 10.8 Å². The maximum absolute atomic E-state index is 14.6. The number of rotatable bonds is 3. The van der Waals surface area contributed by atoms with Crippen LogP contribution < -0.4 is 0 Å². The summed E-state index contributed by atoms with van der Waals surface area (Å²) >= 11 is 5.68. The van der Waals surface area contributed by atoms with E-state index in [1.54, 1.807) is 4.57 Å². The molecule has 1 saturated carbocycles. The molecule has 0 amide bonds. The van der Waals surface area contributed by atoms with E-state index in [1.807, 2.05) is 6.20 Å². The van der Waals surface area contributed by atoms with Gasteiger partial charge in [-0.2, -0.15) is 8.78 Å². The highest BCUT2D eigenvalue weighted by Gasteiger charge is 2.40. The van der Waals surface area contributed by atoms with Gasteiger partial charge in [-0.15, -0.1) is 0 Å². The number of allylic oxidation sites excluding steroid dienone is 1. The summed E-state index contributed by atoms with van der Waals surface area (Å²) in [7, 11) is 0. The summed E-state index contributed by atoms with van der Waals surface area (Å²) in [6.07, 6.45) is 8.40. The van der Waals surface area contributed by atoms with Crippen LogP contribution in [0.5, 0.6) is 0 Å². The number of nitrogens with zero attached hydrogens (tertiary/aromatic N) is 4. The average Bonchev–Trinajstić information content (AvgIpc) is 3.25. The molecule has 1 fully saturated rings. The Hall–Kier alpha value is -1.82. The second-order valence-electron chi connectivity index (χ2n) is 5.73. The Morgan fingerprint density at radius 2 is 2.00 bits per heavy atom. The van der Waals surface area contributed by atoms with E-state index in [4.69, 9.17) is 11.6 Å². The van der Waals surface area contributed by atoms with Crippen molar-refractivity contribution in [3.8, 4) is 0 Å². The molecule has 0 radical (unpaired) electrons. The number of aromatic nitrogens is 4. The van der Waals surface area contributed by atoms with Crippen molar-refractivity contribution in [1.29, 1.82) is 0 Å². The van der Waals surface area contributed by atoms with Gasteiger partial charge in [0.1, 0.15) is 28.7 Å². The van der Waals surface area contributed by atoms with E-state index in [1.165, 1.54) is 24.6 Å². The normalized spacial score (nSPS) is 18.0. The molecule has 1 aliphatic heterocycles. The largest absolute Gasteiger partial charge is 0.333 e. The Labute approximate surface area is 130 Å². The Balaban J connectivity index is 1.71. The number of hydrogen-bond donors (Lipinski definition) is 0. The minimum Gasteiger partial charge on any atom is -0.310 e. The van der Waals surface area contributed by atoms with Crippen molar-refractivity contribution < 1.29 is 8.78 Å². The van der Waals surface area contributed by atoms with Gasteiger partial charge in [-0.3, -0.25) is 0 Å². The number of imidazole rings is 1. The Morgan fingerprint density at radius 1 is 1.18 bits per heavy atom. The molecule has 2 aromatic rings. The van der Waals surface area contributed by atoms with E-state index in [0.717, 1.165) is 18.8 Å². The van der Waals surface area contributed by atoms with Gasteiger partial charge >= 0.3 is 5.92 Å². The second-order valence-corrected chi connectivity index (χ2v) is 6.12. The van der Waals surface area contributed by atoms with Gasteiger partial charge in [0.25, 0.3) is 0 Å². The molecule has 2 aliphatic rings. The Bertz CT molecular complexity index is 765. The molecular weight excluding hydrogens is 310 g/mol. The van der Waals surface area contributed by atoms with Crippen molar-refractivity contribution in [3.05, 3.63) is 46.5 Å². The van der Waals surface area contributed by atoms with Crippen molar-refractivity contribution >= 4 is 17.8 Å². The van der Waals surface area contributed by atoms with E-state index in [9.17, 15) is 8.78 Å². The fourth-order valence-corrected chi connectivity index (χ4v) is 2.93. The lowest BCUT2D eigenvalue weighted by molar-refractivity contribution is 0.0334. The van der Waals surface area contributed by atoms with Crippen LogP contribution in [0.15, 0.2) is 24.2 Å². The molecule has 0 bridgehead atoms. The monoisotopic (exact) mass is 322 g/mol. The molecular formula is C15H13ClF2N4. The minimum atomic E-state index is -3.29. The third kappa shape index (κ3) is 2.31. The smallest absolute Gasteiger partial charge is 0.310 e. The molecule has 0 N–H and O–H groups in total. The van der Waals surface area contributed by atoms with Crippen molar-refractivity contribution in [1.82, 2.24) is 19.5 Å². The predicted octanol–water partition coefficient (Wildman–Crippen LogP) is 3.66. The second kappa shape index (κ2) is 4.84. The van der Waals surface area contributed by atoms with Crippen LogP contribution in [-0.2, 0) is 12.3 Å². The predicted molar refractivity (Wildman–Crippen MR) is 77.6 cm³/mol. The van der Waals surface area contributed by atoms with Gasteiger partial charge in [-0.1, -0.05) is 11.6 Å². The van der Waals surface area contributed by atoms with Crippen LogP contribution in [0.3, 0.4) is 0 Å². The lowest BCUT2D eigenvalue weighted by atomic mass is 10.0. The first-order valence-corrected chi connectivity index (χ1v) is 7.56. The summed E-state index contributed by atoms with van der Waals surface area (Å²) in [5.41, 5.74) is 0.602. The molecule has 4 rings (SSSR count). The van der Waals surface area contributed by atoms with E-state index in [0.29, 0.717) is 18.2 Å². The van der Waals surface area contributed by atoms with Gasteiger partial charge in [0, 0.05) is 24.9 Å². The lowest BCUT2D eigenvalue weighted by Gasteiger charge is -2.13. The third-order valence-electron chi connectivity index (χ3n) is 4.13. The maximum Gasteiger partial charge on any atom is 0.333 e. The van der Waals surface area contributed by atoms with Crippen molar-refractivity contribution in [2.75, 3.05) is 0 Å². The maximum atomic E-state index is 14.6. The standard InChI is InChI=1S/C15H13ClF2N4/c16-13-5-11(19-8-20-13)15(17,18)12-7-22-6-10(9-1-2-9)3-4-14(22)21-12/h5-9H,1-4H2. The molecule has 0 aromatic carbocycles. The zero-order valence-electron chi connectivity index (χ0n) is 11.6. The number of hydrogen-bond acceptors (Lipinski definition) is 3. The topological polar surface area (TPSA) is 43.6 Å². The van der Waals surface area contributed by atoms with E-state index in [2.05, 4.69) is 15.0 Å². The quantitative estimate of drug-likeness (QED) is 0.810. The first-order valence-electron chi connectivity index (χ1n) is 7.18. The van der Waals surface area contributed by atoms with Gasteiger partial charge in [0.2, 0.25) is 0 Å². The summed E-state index contributed by atoms with van der Waals surface area (Å²) in [6.45, 7) is 0. The Morgan fingerprint density at radius 3 is 2.73 bits per heavy atom. The van der Waals surface area contributed by atoms with Crippen LogP contribution in [0.25, 0.3) is 6.20 Å². The van der Waals surface area contributed by atoms with Crippen LogP contribution in [-0.4, -0.2) is 19.5 Å². The first kappa shape index (κ1) is 13.8. The van der Waals surface area contributed by atoms with Gasteiger partial charge in [0.15, 0.2) is 0 Å². The summed E-state index contributed by atoms with van der Waals surface area (Å²) in [6, 6.07) is 1.07. The summed E-state index contributed by atoms with van der Waals surface area (Å²) in [4.78, 5) is 11.4. The number of aryl methyl sites for hydroxylation is 1. The molecule has 0 atom stereocenters. The van der Waals surface area contributed by atoms with Gasteiger partial charge in [-0.25, -0.2) is 15.0 Å². The molecule has 7 heteroatoms. The van der Waals surface area contributed by atoms with Gasteiger partial charge in [-0.05, 0) is 30.8 Å². The zero-order chi connectivity index (χ0) is 15.3. The average molecular weight is 323 g/mol. The first-order chi connectivity index (χ1) is 10.5. The van der Waals surface area contributed by atoms with Crippen LogP contribution in [0.1, 0.15) is 36.5 Å². The van der Waals surface area contributed by atoms with Gasteiger partial charge in [0.05, 0.1) is 0 Å². The third-order valence-corrected chi connectivity index (χ3v) is 4.34. The number of halogens is 3. The molecule has 2 aromatic heterocycles. The van der Waals surface area contributed by atoms with Crippen LogP contribution >= 0.6 is 11.6 Å². The van der Waals surface area contributed by atoms with Gasteiger partial charge < -0.3 is 4.57 Å². The summed E-state index contributed by atoms with van der Waals surface area (Å²) in [5.74, 6) is -1.98. The molecule has 114 valence electrons. The van der Waals surface area contributed by atoms with E-state index >= 15 is 0 Å². The van der Waals surface area contributed by atoms with Crippen LogP contribution in [0.4, 0.5) is 8.78 Å². The molecule has 0 saturated heterocycles.